The van der Waals surface area contributed by atoms with E-state index in [-0.39, 0.29) is 66.1 Å². The zero-order valence-electron chi connectivity index (χ0n) is 27.7. The third kappa shape index (κ3) is 9.15. The summed E-state index contributed by atoms with van der Waals surface area (Å²) in [5, 5.41) is 3.05. The molecule has 1 aliphatic rings. The first kappa shape index (κ1) is 36.3. The molecule has 1 N–H and O–H groups in total. The third-order valence-electron chi connectivity index (χ3n) is 8.70. The SMILES string of the molecule is CCC(C)C(C(CC(=O)N1CCCC1C(OC)C(C)C)OC)N(C)C(=O)C(NC(=O)C(C(C)C)N(C)C)C(C)C. The Morgan fingerprint density at radius 3 is 1.95 bits per heavy atom. The van der Waals surface area contributed by atoms with Crippen molar-refractivity contribution in [3.63, 3.8) is 0 Å². The van der Waals surface area contributed by atoms with Gasteiger partial charge in [-0.1, -0.05) is 61.8 Å². The predicted molar refractivity (Wildman–Crippen MR) is 161 cm³/mol. The van der Waals surface area contributed by atoms with Crippen molar-refractivity contribution in [1.82, 2.24) is 20.0 Å². The molecule has 7 atom stereocenters. The number of methoxy groups -OCH3 is 2. The molecule has 0 spiro atoms. The van der Waals surface area contributed by atoms with Crippen LogP contribution in [0, 0.1) is 23.7 Å². The summed E-state index contributed by atoms with van der Waals surface area (Å²) in [5.74, 6) is 0.0725. The number of nitrogens with zero attached hydrogens (tertiary/aromatic N) is 3. The lowest BCUT2D eigenvalue weighted by atomic mass is 9.89. The van der Waals surface area contributed by atoms with E-state index in [0.29, 0.717) is 12.5 Å². The van der Waals surface area contributed by atoms with Crippen LogP contribution in [-0.4, -0.2) is 111 Å². The molecule has 1 aliphatic heterocycles. The lowest BCUT2D eigenvalue weighted by Crippen LogP contribution is -2.59. The molecule has 234 valence electrons. The fourth-order valence-electron chi connectivity index (χ4n) is 6.44. The van der Waals surface area contributed by atoms with Crippen molar-refractivity contribution in [2.75, 3.05) is 41.9 Å². The summed E-state index contributed by atoms with van der Waals surface area (Å²) in [4.78, 5) is 46.5. The second kappa shape index (κ2) is 16.7. The van der Waals surface area contributed by atoms with Crippen molar-refractivity contribution in [3.8, 4) is 0 Å². The Morgan fingerprint density at radius 2 is 1.52 bits per heavy atom. The Balaban J connectivity index is 3.23. The van der Waals surface area contributed by atoms with Crippen molar-refractivity contribution < 1.29 is 23.9 Å². The largest absolute Gasteiger partial charge is 0.379 e. The molecule has 0 radical (unpaired) electrons. The van der Waals surface area contributed by atoms with Gasteiger partial charge >= 0.3 is 0 Å². The van der Waals surface area contributed by atoms with Gasteiger partial charge in [-0.2, -0.15) is 0 Å². The summed E-state index contributed by atoms with van der Waals surface area (Å²) < 4.78 is 11.8. The number of rotatable bonds is 16. The highest BCUT2D eigenvalue weighted by Gasteiger charge is 2.41. The minimum Gasteiger partial charge on any atom is -0.379 e. The second-order valence-electron chi connectivity index (χ2n) is 12.9. The number of hydrogen-bond donors (Lipinski definition) is 1. The average Bonchev–Trinajstić information content (AvgIpc) is 3.35. The van der Waals surface area contributed by atoms with E-state index in [1.54, 1.807) is 26.2 Å². The molecular formula is C31H60N4O5. The Kier molecular flexibility index (Phi) is 15.1. The van der Waals surface area contributed by atoms with E-state index in [1.165, 1.54) is 0 Å². The van der Waals surface area contributed by atoms with Gasteiger partial charge in [-0.25, -0.2) is 0 Å². The van der Waals surface area contributed by atoms with Crippen molar-refractivity contribution >= 4 is 17.7 Å². The van der Waals surface area contributed by atoms with Crippen LogP contribution in [0.2, 0.25) is 0 Å². The molecule has 9 nitrogen and oxygen atoms in total. The van der Waals surface area contributed by atoms with Crippen LogP contribution >= 0.6 is 0 Å². The maximum absolute atomic E-state index is 14.0. The minimum absolute atomic E-state index is 0.0192. The van der Waals surface area contributed by atoms with E-state index in [1.807, 2.05) is 51.6 Å². The predicted octanol–water partition coefficient (Wildman–Crippen LogP) is 3.65. The fraction of sp³-hybridized carbons (Fsp3) is 0.903. The van der Waals surface area contributed by atoms with Crippen LogP contribution in [0.3, 0.4) is 0 Å². The quantitative estimate of drug-likeness (QED) is 0.306. The lowest BCUT2D eigenvalue weighted by molar-refractivity contribution is -0.147. The topological polar surface area (TPSA) is 91.4 Å². The van der Waals surface area contributed by atoms with E-state index >= 15 is 0 Å². The highest BCUT2D eigenvalue weighted by molar-refractivity contribution is 5.90. The van der Waals surface area contributed by atoms with Gasteiger partial charge in [0.05, 0.1) is 36.8 Å². The molecule has 1 fully saturated rings. The number of nitrogens with one attached hydrogen (secondary N) is 1. The number of ether oxygens (including phenoxy) is 2. The molecule has 0 aromatic rings. The van der Waals surface area contributed by atoms with Crippen molar-refractivity contribution in [2.24, 2.45) is 23.7 Å². The molecule has 7 unspecified atom stereocenters. The van der Waals surface area contributed by atoms with E-state index < -0.39 is 12.1 Å². The van der Waals surface area contributed by atoms with Crippen molar-refractivity contribution in [3.05, 3.63) is 0 Å². The van der Waals surface area contributed by atoms with Crippen LogP contribution in [0.15, 0.2) is 0 Å². The zero-order chi connectivity index (χ0) is 30.9. The monoisotopic (exact) mass is 568 g/mol. The van der Waals surface area contributed by atoms with Gasteiger partial charge in [0, 0.05) is 27.8 Å². The van der Waals surface area contributed by atoms with Gasteiger partial charge in [-0.3, -0.25) is 19.3 Å². The first-order valence-corrected chi connectivity index (χ1v) is 15.2. The van der Waals surface area contributed by atoms with Gasteiger partial charge in [0.2, 0.25) is 17.7 Å². The van der Waals surface area contributed by atoms with Crippen LogP contribution in [0.1, 0.15) is 81.1 Å². The molecule has 0 bridgehead atoms. The van der Waals surface area contributed by atoms with Crippen LogP contribution < -0.4 is 5.32 Å². The van der Waals surface area contributed by atoms with Crippen LogP contribution in [0.4, 0.5) is 0 Å². The second-order valence-corrected chi connectivity index (χ2v) is 12.9. The Bertz CT molecular complexity index is 795. The van der Waals surface area contributed by atoms with Crippen LogP contribution in [-0.2, 0) is 23.9 Å². The summed E-state index contributed by atoms with van der Waals surface area (Å²) in [6.07, 6.45) is 2.38. The van der Waals surface area contributed by atoms with Crippen molar-refractivity contribution in [2.45, 2.75) is 117 Å². The molecule has 0 aromatic heterocycles. The van der Waals surface area contributed by atoms with Gasteiger partial charge in [-0.15, -0.1) is 0 Å². The highest BCUT2D eigenvalue weighted by Crippen LogP contribution is 2.29. The summed E-state index contributed by atoms with van der Waals surface area (Å²) in [5.41, 5.74) is 0. The standard InChI is InChI=1S/C31H60N4O5/c1-14-22(8)28(24(39-12)18-25(36)35-17-15-16-23(35)29(40-13)21(6)7)34(11)31(38)26(19(2)3)32-30(37)27(20(4)5)33(9)10/h19-24,26-29H,14-18H2,1-13H3,(H,32,37). The number of likely N-dealkylation sites (tertiary alicyclic amines) is 1. The molecule has 1 heterocycles. The van der Waals surface area contributed by atoms with Gasteiger partial charge in [-0.05, 0) is 50.6 Å². The summed E-state index contributed by atoms with van der Waals surface area (Å²) in [6.45, 7) is 17.0. The summed E-state index contributed by atoms with van der Waals surface area (Å²) in [6, 6.07) is -1.31. The summed E-state index contributed by atoms with van der Waals surface area (Å²) in [7, 11) is 8.87. The molecule has 9 heteroatoms. The van der Waals surface area contributed by atoms with E-state index in [9.17, 15) is 14.4 Å². The lowest BCUT2D eigenvalue weighted by Gasteiger charge is -2.41. The molecular weight excluding hydrogens is 508 g/mol. The normalized spacial score (nSPS) is 20.5. The molecule has 0 aliphatic carbocycles. The first-order valence-electron chi connectivity index (χ1n) is 15.2. The molecule has 40 heavy (non-hydrogen) atoms. The van der Waals surface area contributed by atoms with Crippen LogP contribution in [0.5, 0.6) is 0 Å². The zero-order valence-corrected chi connectivity index (χ0v) is 27.7. The van der Waals surface area contributed by atoms with Gasteiger partial charge < -0.3 is 24.6 Å². The molecule has 3 amide bonds. The Morgan fingerprint density at radius 1 is 0.925 bits per heavy atom. The Labute approximate surface area is 244 Å². The number of amides is 3. The molecule has 0 saturated carbocycles. The number of likely N-dealkylation sites (N-methyl/N-ethyl adjacent to an activating group) is 2. The molecule has 1 rings (SSSR count). The van der Waals surface area contributed by atoms with E-state index in [0.717, 1.165) is 19.3 Å². The van der Waals surface area contributed by atoms with E-state index in [2.05, 4.69) is 33.0 Å². The van der Waals surface area contributed by atoms with Gasteiger partial charge in [0.25, 0.3) is 0 Å². The number of carbonyl (C=O) groups is 3. The number of carbonyl (C=O) groups excluding carboxylic acids is 3. The maximum atomic E-state index is 14.0. The minimum atomic E-state index is -0.685. The van der Waals surface area contributed by atoms with Gasteiger partial charge in [0.15, 0.2) is 0 Å². The smallest absolute Gasteiger partial charge is 0.245 e. The van der Waals surface area contributed by atoms with Crippen LogP contribution in [0.25, 0.3) is 0 Å². The van der Waals surface area contributed by atoms with Gasteiger partial charge in [0.1, 0.15) is 6.04 Å². The Hall–Kier alpha value is -1.71. The van der Waals surface area contributed by atoms with E-state index in [4.69, 9.17) is 9.47 Å². The molecule has 1 saturated heterocycles. The fourth-order valence-corrected chi connectivity index (χ4v) is 6.44. The van der Waals surface area contributed by atoms with Crippen molar-refractivity contribution in [1.29, 1.82) is 0 Å². The first-order chi connectivity index (χ1) is 18.6. The summed E-state index contributed by atoms with van der Waals surface area (Å²) >= 11 is 0. The maximum Gasteiger partial charge on any atom is 0.245 e. The highest BCUT2D eigenvalue weighted by atomic mass is 16.5. The number of hydrogen-bond acceptors (Lipinski definition) is 6. The average molecular weight is 569 g/mol. The molecule has 0 aromatic carbocycles. The third-order valence-corrected chi connectivity index (χ3v) is 8.70.